The minimum atomic E-state index is -0.124. The standard InChI is InChI=1S/C19H22BrN3O2/c1-23(2)19(25)10-9-14-5-3-8-17(11-14)22-18(24)13-21-16-7-4-6-15(20)12-16/h3-8,11-12,21H,9-10,13H2,1-2H3,(H,22,24). The number of benzene rings is 2. The Morgan fingerprint density at radius 1 is 1.04 bits per heavy atom. The molecule has 0 fully saturated rings. The number of aryl methyl sites for hydroxylation is 1. The van der Waals surface area contributed by atoms with E-state index < -0.39 is 0 Å². The number of hydrogen-bond acceptors (Lipinski definition) is 3. The number of hydrogen-bond donors (Lipinski definition) is 2. The molecule has 0 aliphatic heterocycles. The van der Waals surface area contributed by atoms with Gasteiger partial charge in [-0.3, -0.25) is 9.59 Å². The third kappa shape index (κ3) is 6.58. The first-order chi connectivity index (χ1) is 11.9. The molecule has 2 aromatic carbocycles. The maximum absolute atomic E-state index is 12.1. The fourth-order valence-corrected chi connectivity index (χ4v) is 2.66. The van der Waals surface area contributed by atoms with Gasteiger partial charge < -0.3 is 15.5 Å². The lowest BCUT2D eigenvalue weighted by Crippen LogP contribution is -2.22. The van der Waals surface area contributed by atoms with Crippen molar-refractivity contribution in [3.05, 3.63) is 58.6 Å². The van der Waals surface area contributed by atoms with Gasteiger partial charge in [-0.05, 0) is 42.3 Å². The zero-order valence-corrected chi connectivity index (χ0v) is 16.0. The van der Waals surface area contributed by atoms with E-state index in [-0.39, 0.29) is 18.4 Å². The lowest BCUT2D eigenvalue weighted by molar-refractivity contribution is -0.128. The third-order valence-electron chi connectivity index (χ3n) is 3.61. The number of nitrogens with one attached hydrogen (secondary N) is 2. The summed E-state index contributed by atoms with van der Waals surface area (Å²) in [7, 11) is 3.49. The first-order valence-electron chi connectivity index (χ1n) is 8.02. The number of anilines is 2. The molecule has 0 spiro atoms. The zero-order valence-electron chi connectivity index (χ0n) is 14.4. The van der Waals surface area contributed by atoms with E-state index in [0.717, 1.165) is 21.4 Å². The van der Waals surface area contributed by atoms with Crippen molar-refractivity contribution in [1.29, 1.82) is 0 Å². The Kier molecular flexibility index (Phi) is 7.01. The van der Waals surface area contributed by atoms with Crippen molar-refractivity contribution in [2.75, 3.05) is 31.3 Å². The van der Waals surface area contributed by atoms with Crippen LogP contribution in [0.4, 0.5) is 11.4 Å². The molecule has 0 unspecified atom stereocenters. The Balaban J connectivity index is 1.86. The molecule has 6 heteroatoms. The van der Waals surface area contributed by atoms with Crippen LogP contribution < -0.4 is 10.6 Å². The van der Waals surface area contributed by atoms with Crippen molar-refractivity contribution >= 4 is 39.1 Å². The van der Waals surface area contributed by atoms with Crippen LogP contribution >= 0.6 is 15.9 Å². The summed E-state index contributed by atoms with van der Waals surface area (Å²) in [6.07, 6.45) is 1.10. The highest BCUT2D eigenvalue weighted by Crippen LogP contribution is 2.16. The lowest BCUT2D eigenvalue weighted by atomic mass is 10.1. The van der Waals surface area contributed by atoms with Gasteiger partial charge in [0.05, 0.1) is 6.54 Å². The third-order valence-corrected chi connectivity index (χ3v) is 4.11. The topological polar surface area (TPSA) is 61.4 Å². The van der Waals surface area contributed by atoms with Crippen LogP contribution in [0.2, 0.25) is 0 Å². The second-order valence-electron chi connectivity index (χ2n) is 5.90. The average Bonchev–Trinajstić information content (AvgIpc) is 2.58. The van der Waals surface area contributed by atoms with Crippen LogP contribution in [0.25, 0.3) is 0 Å². The molecule has 5 nitrogen and oxygen atoms in total. The van der Waals surface area contributed by atoms with Crippen LogP contribution in [0.5, 0.6) is 0 Å². The molecule has 2 N–H and O–H groups in total. The summed E-state index contributed by atoms with van der Waals surface area (Å²) >= 11 is 3.40. The second kappa shape index (κ2) is 9.22. The van der Waals surface area contributed by atoms with Gasteiger partial charge >= 0.3 is 0 Å². The van der Waals surface area contributed by atoms with Crippen LogP contribution in [0.15, 0.2) is 53.0 Å². The van der Waals surface area contributed by atoms with Crippen molar-refractivity contribution in [3.63, 3.8) is 0 Å². The molecule has 0 aliphatic carbocycles. The highest BCUT2D eigenvalue weighted by Gasteiger charge is 2.06. The maximum atomic E-state index is 12.1. The van der Waals surface area contributed by atoms with Gasteiger partial charge in [0, 0.05) is 36.4 Å². The summed E-state index contributed by atoms with van der Waals surface area (Å²) in [4.78, 5) is 25.3. The smallest absolute Gasteiger partial charge is 0.243 e. The van der Waals surface area contributed by atoms with Gasteiger partial charge in [-0.25, -0.2) is 0 Å². The SMILES string of the molecule is CN(C)C(=O)CCc1cccc(NC(=O)CNc2cccc(Br)c2)c1. The molecule has 0 bridgehead atoms. The number of nitrogens with zero attached hydrogens (tertiary/aromatic N) is 1. The molecule has 0 atom stereocenters. The molecule has 0 heterocycles. The molecule has 25 heavy (non-hydrogen) atoms. The van der Waals surface area contributed by atoms with E-state index in [4.69, 9.17) is 0 Å². The fourth-order valence-electron chi connectivity index (χ4n) is 2.27. The van der Waals surface area contributed by atoms with Crippen molar-refractivity contribution in [1.82, 2.24) is 4.90 Å². The van der Waals surface area contributed by atoms with Crippen molar-refractivity contribution in [2.45, 2.75) is 12.8 Å². The molecule has 0 aromatic heterocycles. The summed E-state index contributed by atoms with van der Waals surface area (Å²) in [6, 6.07) is 15.2. The van der Waals surface area contributed by atoms with Crippen LogP contribution in [0.1, 0.15) is 12.0 Å². The Labute approximate surface area is 156 Å². The minimum Gasteiger partial charge on any atom is -0.376 e. The molecule has 2 rings (SSSR count). The maximum Gasteiger partial charge on any atom is 0.243 e. The van der Waals surface area contributed by atoms with Gasteiger partial charge in [-0.15, -0.1) is 0 Å². The zero-order chi connectivity index (χ0) is 18.2. The normalized spacial score (nSPS) is 10.2. The monoisotopic (exact) mass is 403 g/mol. The van der Waals surface area contributed by atoms with E-state index in [1.54, 1.807) is 19.0 Å². The number of carbonyl (C=O) groups excluding carboxylic acids is 2. The van der Waals surface area contributed by atoms with E-state index >= 15 is 0 Å². The molecule has 0 radical (unpaired) electrons. The first-order valence-corrected chi connectivity index (χ1v) is 8.82. The lowest BCUT2D eigenvalue weighted by Gasteiger charge is -2.11. The second-order valence-corrected chi connectivity index (χ2v) is 6.82. The van der Waals surface area contributed by atoms with Gasteiger partial charge in [-0.2, -0.15) is 0 Å². The quantitative estimate of drug-likeness (QED) is 0.743. The van der Waals surface area contributed by atoms with Crippen molar-refractivity contribution in [3.8, 4) is 0 Å². The van der Waals surface area contributed by atoms with Gasteiger partial charge in [0.15, 0.2) is 0 Å². The van der Waals surface area contributed by atoms with Crippen LogP contribution in [0.3, 0.4) is 0 Å². The largest absolute Gasteiger partial charge is 0.376 e. The summed E-state index contributed by atoms with van der Waals surface area (Å²) in [5, 5.41) is 5.95. The number of rotatable bonds is 7. The van der Waals surface area contributed by atoms with Crippen molar-refractivity contribution < 1.29 is 9.59 Å². The highest BCUT2D eigenvalue weighted by atomic mass is 79.9. The van der Waals surface area contributed by atoms with Crippen LogP contribution in [0, 0.1) is 0 Å². The summed E-state index contributed by atoms with van der Waals surface area (Å²) < 4.78 is 0.956. The Morgan fingerprint density at radius 2 is 1.76 bits per heavy atom. The van der Waals surface area contributed by atoms with Crippen LogP contribution in [-0.2, 0) is 16.0 Å². The number of carbonyl (C=O) groups is 2. The van der Waals surface area contributed by atoms with E-state index in [0.29, 0.717) is 12.8 Å². The molecule has 2 amide bonds. The fraction of sp³-hybridized carbons (Fsp3) is 0.263. The summed E-state index contributed by atoms with van der Waals surface area (Å²) in [5.41, 5.74) is 2.63. The Hall–Kier alpha value is -2.34. The summed E-state index contributed by atoms with van der Waals surface area (Å²) in [6.45, 7) is 0.180. The van der Waals surface area contributed by atoms with Crippen molar-refractivity contribution in [2.24, 2.45) is 0 Å². The molecular weight excluding hydrogens is 382 g/mol. The molecule has 0 saturated heterocycles. The minimum absolute atomic E-state index is 0.0904. The van der Waals surface area contributed by atoms with Gasteiger partial charge in [0.2, 0.25) is 11.8 Å². The Bertz CT molecular complexity index is 747. The molecule has 0 saturated carbocycles. The van der Waals surface area contributed by atoms with Gasteiger partial charge in [0.1, 0.15) is 0 Å². The van der Waals surface area contributed by atoms with E-state index in [1.807, 2.05) is 48.5 Å². The molecular formula is C19H22BrN3O2. The van der Waals surface area contributed by atoms with Gasteiger partial charge in [0.25, 0.3) is 0 Å². The van der Waals surface area contributed by atoms with E-state index in [2.05, 4.69) is 26.6 Å². The Morgan fingerprint density at radius 3 is 2.48 bits per heavy atom. The number of amides is 2. The predicted molar refractivity (Wildman–Crippen MR) is 105 cm³/mol. The molecule has 132 valence electrons. The molecule has 2 aromatic rings. The predicted octanol–water partition coefficient (Wildman–Crippen LogP) is 3.52. The van der Waals surface area contributed by atoms with E-state index in [1.165, 1.54) is 0 Å². The summed E-state index contributed by atoms with van der Waals surface area (Å²) in [5.74, 6) is -0.0332. The molecule has 0 aliphatic rings. The highest BCUT2D eigenvalue weighted by molar-refractivity contribution is 9.10. The number of halogens is 1. The van der Waals surface area contributed by atoms with Crippen LogP contribution in [-0.4, -0.2) is 37.4 Å². The van der Waals surface area contributed by atoms with E-state index in [9.17, 15) is 9.59 Å². The van der Waals surface area contributed by atoms with Gasteiger partial charge in [-0.1, -0.05) is 34.1 Å². The first kappa shape index (κ1) is 19.0. The average molecular weight is 404 g/mol.